The predicted molar refractivity (Wildman–Crippen MR) is 84.0 cm³/mol. The lowest BCUT2D eigenvalue weighted by molar-refractivity contribution is 0.598. The summed E-state index contributed by atoms with van der Waals surface area (Å²) in [4.78, 5) is 0.111. The topological polar surface area (TPSA) is 72.2 Å². The van der Waals surface area contributed by atoms with Crippen molar-refractivity contribution in [2.45, 2.75) is 17.9 Å². The largest absolute Gasteiger partial charge is 0.379 e. The number of anilines is 1. The molecule has 2 aromatic rings. The van der Waals surface area contributed by atoms with E-state index in [4.69, 9.17) is 5.14 Å². The van der Waals surface area contributed by atoms with Gasteiger partial charge in [-0.25, -0.2) is 13.6 Å². The molecule has 4 nitrogen and oxygen atoms in total. The van der Waals surface area contributed by atoms with Crippen LogP contribution in [0.25, 0.3) is 0 Å². The van der Waals surface area contributed by atoms with Crippen molar-refractivity contribution in [1.29, 1.82) is 0 Å². The van der Waals surface area contributed by atoms with E-state index >= 15 is 0 Å². The first-order valence-corrected chi connectivity index (χ1v) is 8.35. The first-order valence-electron chi connectivity index (χ1n) is 6.01. The highest BCUT2D eigenvalue weighted by Crippen LogP contribution is 2.22. The summed E-state index contributed by atoms with van der Waals surface area (Å²) in [6.07, 6.45) is 0. The molecule has 0 amide bonds. The molecule has 6 heteroatoms. The molecule has 0 fully saturated rings. The van der Waals surface area contributed by atoms with Gasteiger partial charge in [0.1, 0.15) is 0 Å². The SMILES string of the molecule is CC(Nc1ccc(S(N)(=O)=O)cc1)c1ccc(Br)cc1. The maximum absolute atomic E-state index is 11.2. The van der Waals surface area contributed by atoms with Crippen LogP contribution in [0, 0.1) is 0 Å². The number of halogens is 1. The monoisotopic (exact) mass is 354 g/mol. The van der Waals surface area contributed by atoms with E-state index in [9.17, 15) is 8.42 Å². The Morgan fingerprint density at radius 1 is 1.05 bits per heavy atom. The van der Waals surface area contributed by atoms with Crippen molar-refractivity contribution in [3.05, 3.63) is 58.6 Å². The third-order valence-electron chi connectivity index (χ3n) is 2.94. The molecule has 0 saturated carbocycles. The van der Waals surface area contributed by atoms with Crippen molar-refractivity contribution in [2.24, 2.45) is 5.14 Å². The molecule has 0 aliphatic heterocycles. The second-order valence-electron chi connectivity index (χ2n) is 4.49. The second kappa shape index (κ2) is 5.95. The van der Waals surface area contributed by atoms with Crippen molar-refractivity contribution in [3.8, 4) is 0 Å². The number of hydrogen-bond acceptors (Lipinski definition) is 3. The number of benzene rings is 2. The summed E-state index contributed by atoms with van der Waals surface area (Å²) < 4.78 is 23.4. The lowest BCUT2D eigenvalue weighted by atomic mass is 10.1. The molecule has 0 aromatic heterocycles. The predicted octanol–water partition coefficient (Wildman–Crippen LogP) is 3.27. The Balaban J connectivity index is 2.12. The Morgan fingerprint density at radius 2 is 1.60 bits per heavy atom. The van der Waals surface area contributed by atoms with Crippen molar-refractivity contribution in [1.82, 2.24) is 0 Å². The van der Waals surface area contributed by atoms with Crippen molar-refractivity contribution >= 4 is 31.6 Å². The summed E-state index contributed by atoms with van der Waals surface area (Å²) in [5, 5.41) is 8.37. The minimum absolute atomic E-state index is 0.111. The third-order valence-corrected chi connectivity index (χ3v) is 4.39. The summed E-state index contributed by atoms with van der Waals surface area (Å²) in [6.45, 7) is 2.04. The molecule has 0 bridgehead atoms. The van der Waals surface area contributed by atoms with Crippen LogP contribution in [-0.4, -0.2) is 8.42 Å². The number of rotatable bonds is 4. The maximum Gasteiger partial charge on any atom is 0.238 e. The fraction of sp³-hybridized carbons (Fsp3) is 0.143. The molecule has 0 heterocycles. The Kier molecular flexibility index (Phi) is 4.47. The lowest BCUT2D eigenvalue weighted by Crippen LogP contribution is -2.12. The number of nitrogens with one attached hydrogen (secondary N) is 1. The van der Waals surface area contributed by atoms with E-state index in [0.717, 1.165) is 15.7 Å². The van der Waals surface area contributed by atoms with Crippen LogP contribution in [0.15, 0.2) is 57.9 Å². The third kappa shape index (κ3) is 3.82. The molecule has 2 rings (SSSR count). The molecule has 3 N–H and O–H groups in total. The van der Waals surface area contributed by atoms with Crippen LogP contribution in [0.2, 0.25) is 0 Å². The van der Waals surface area contributed by atoms with E-state index < -0.39 is 10.0 Å². The number of nitrogens with two attached hydrogens (primary N) is 1. The summed E-state index contributed by atoms with van der Waals surface area (Å²) in [5.41, 5.74) is 1.98. The van der Waals surface area contributed by atoms with Gasteiger partial charge >= 0.3 is 0 Å². The van der Waals surface area contributed by atoms with Crippen LogP contribution >= 0.6 is 15.9 Å². The lowest BCUT2D eigenvalue weighted by Gasteiger charge is -2.16. The van der Waals surface area contributed by atoms with Gasteiger partial charge in [0.05, 0.1) is 4.90 Å². The van der Waals surface area contributed by atoms with Crippen LogP contribution in [0.3, 0.4) is 0 Å². The summed E-state index contributed by atoms with van der Waals surface area (Å²) in [7, 11) is -3.64. The first kappa shape index (κ1) is 15.0. The van der Waals surface area contributed by atoms with Gasteiger partial charge in [0.2, 0.25) is 10.0 Å². The molecule has 0 radical (unpaired) electrons. The molecule has 20 heavy (non-hydrogen) atoms. The highest BCUT2D eigenvalue weighted by molar-refractivity contribution is 9.10. The van der Waals surface area contributed by atoms with Gasteiger partial charge in [-0.15, -0.1) is 0 Å². The van der Waals surface area contributed by atoms with Gasteiger partial charge < -0.3 is 5.32 Å². The maximum atomic E-state index is 11.2. The van der Waals surface area contributed by atoms with E-state index in [1.165, 1.54) is 12.1 Å². The Labute approximate surface area is 127 Å². The molecular formula is C14H15BrN2O2S. The number of sulfonamides is 1. The highest BCUT2D eigenvalue weighted by atomic mass is 79.9. The standard InChI is InChI=1S/C14H15BrN2O2S/c1-10(11-2-4-12(15)5-3-11)17-13-6-8-14(9-7-13)20(16,18)19/h2-10,17H,1H3,(H2,16,18,19). The molecule has 106 valence electrons. The molecule has 0 aliphatic rings. The van der Waals surface area contributed by atoms with Gasteiger partial charge in [0.15, 0.2) is 0 Å². The van der Waals surface area contributed by atoms with E-state index in [2.05, 4.69) is 21.2 Å². The van der Waals surface area contributed by atoms with Crippen LogP contribution in [-0.2, 0) is 10.0 Å². The van der Waals surface area contributed by atoms with Gasteiger partial charge in [0, 0.05) is 16.2 Å². The Hall–Kier alpha value is -1.37. The van der Waals surface area contributed by atoms with Crippen LogP contribution < -0.4 is 10.5 Å². The van der Waals surface area contributed by atoms with Crippen LogP contribution in [0.4, 0.5) is 5.69 Å². The van der Waals surface area contributed by atoms with E-state index in [1.807, 2.05) is 31.2 Å². The molecule has 0 aliphatic carbocycles. The average Bonchev–Trinajstić information content (AvgIpc) is 2.39. The zero-order chi connectivity index (χ0) is 14.8. The Bertz CT molecular complexity index is 682. The quantitative estimate of drug-likeness (QED) is 0.884. The Morgan fingerprint density at radius 3 is 2.10 bits per heavy atom. The molecule has 1 atom stereocenters. The van der Waals surface area contributed by atoms with Gasteiger partial charge in [-0.3, -0.25) is 0 Å². The fourth-order valence-corrected chi connectivity index (χ4v) is 2.61. The zero-order valence-corrected chi connectivity index (χ0v) is 13.3. The summed E-state index contributed by atoms with van der Waals surface area (Å²) in [6, 6.07) is 14.5. The minimum Gasteiger partial charge on any atom is -0.379 e. The molecule has 1 unspecified atom stereocenters. The van der Waals surface area contributed by atoms with Crippen molar-refractivity contribution in [3.63, 3.8) is 0 Å². The van der Waals surface area contributed by atoms with Gasteiger partial charge in [0.25, 0.3) is 0 Å². The first-order chi connectivity index (χ1) is 9.36. The molecule has 0 saturated heterocycles. The zero-order valence-electron chi connectivity index (χ0n) is 10.9. The van der Waals surface area contributed by atoms with Crippen molar-refractivity contribution < 1.29 is 8.42 Å². The van der Waals surface area contributed by atoms with Crippen LogP contribution in [0.1, 0.15) is 18.5 Å². The minimum atomic E-state index is -3.64. The van der Waals surface area contributed by atoms with Crippen LogP contribution in [0.5, 0.6) is 0 Å². The number of hydrogen-bond donors (Lipinski definition) is 2. The average molecular weight is 355 g/mol. The van der Waals surface area contributed by atoms with Gasteiger partial charge in [-0.05, 0) is 48.9 Å². The van der Waals surface area contributed by atoms with E-state index in [1.54, 1.807) is 12.1 Å². The normalized spacial score (nSPS) is 12.9. The molecule has 0 spiro atoms. The summed E-state index contributed by atoms with van der Waals surface area (Å²) >= 11 is 3.40. The smallest absolute Gasteiger partial charge is 0.238 e. The van der Waals surface area contributed by atoms with E-state index in [-0.39, 0.29) is 10.9 Å². The van der Waals surface area contributed by atoms with E-state index in [0.29, 0.717) is 0 Å². The highest BCUT2D eigenvalue weighted by Gasteiger charge is 2.08. The number of primary sulfonamides is 1. The van der Waals surface area contributed by atoms with Crippen molar-refractivity contribution in [2.75, 3.05) is 5.32 Å². The fourth-order valence-electron chi connectivity index (χ4n) is 1.83. The van der Waals surface area contributed by atoms with Gasteiger partial charge in [-0.1, -0.05) is 28.1 Å². The molecular weight excluding hydrogens is 340 g/mol. The summed E-state index contributed by atoms with van der Waals surface area (Å²) in [5.74, 6) is 0. The second-order valence-corrected chi connectivity index (χ2v) is 6.96. The van der Waals surface area contributed by atoms with Gasteiger partial charge in [-0.2, -0.15) is 0 Å². The molecule has 2 aromatic carbocycles.